The SMILES string of the molecule is C[C@@H](C(=O)Nc1ccc(Oc2ccccc2Cl)cc1)N1C(=O)C2CC=CCC2C1=O. The van der Waals surface area contributed by atoms with Crippen LogP contribution in [0, 0.1) is 11.8 Å². The number of hydrogen-bond acceptors (Lipinski definition) is 4. The van der Waals surface area contributed by atoms with Crippen LogP contribution >= 0.6 is 11.6 Å². The number of allylic oxidation sites excluding steroid dienone is 2. The van der Waals surface area contributed by atoms with Crippen molar-refractivity contribution in [2.75, 3.05) is 5.32 Å². The standard InChI is InChI=1S/C23H21ClN2O4/c1-14(26-22(28)17-6-2-3-7-18(17)23(26)29)21(27)25-15-10-12-16(13-11-15)30-20-9-5-4-8-19(20)24/h2-5,8-14,17-18H,6-7H2,1H3,(H,25,27)/t14-,17?,18?/m0/s1. The van der Waals surface area contributed by atoms with E-state index in [0.717, 1.165) is 4.90 Å². The van der Waals surface area contributed by atoms with Gasteiger partial charge < -0.3 is 10.1 Å². The molecule has 1 saturated heterocycles. The molecule has 7 heteroatoms. The second kappa shape index (κ2) is 8.32. The number of carbonyl (C=O) groups is 3. The van der Waals surface area contributed by atoms with Crippen molar-refractivity contribution >= 4 is 35.0 Å². The lowest BCUT2D eigenvalue weighted by Crippen LogP contribution is -2.46. The van der Waals surface area contributed by atoms with E-state index < -0.39 is 11.9 Å². The fourth-order valence-corrected chi connectivity index (χ4v) is 4.01. The summed E-state index contributed by atoms with van der Waals surface area (Å²) >= 11 is 6.09. The lowest BCUT2D eigenvalue weighted by Gasteiger charge is -2.22. The summed E-state index contributed by atoms with van der Waals surface area (Å²) in [4.78, 5) is 39.1. The maximum Gasteiger partial charge on any atom is 0.247 e. The second-order valence-electron chi connectivity index (χ2n) is 7.42. The first-order chi connectivity index (χ1) is 14.5. The zero-order valence-corrected chi connectivity index (χ0v) is 17.1. The minimum absolute atomic E-state index is 0.263. The van der Waals surface area contributed by atoms with Crippen LogP contribution in [-0.2, 0) is 14.4 Å². The Balaban J connectivity index is 1.41. The van der Waals surface area contributed by atoms with Gasteiger partial charge in [-0.15, -0.1) is 0 Å². The first-order valence-corrected chi connectivity index (χ1v) is 10.2. The van der Waals surface area contributed by atoms with Gasteiger partial charge in [-0.3, -0.25) is 19.3 Å². The van der Waals surface area contributed by atoms with Crippen LogP contribution in [0.3, 0.4) is 0 Å². The third-order valence-corrected chi connectivity index (χ3v) is 5.81. The molecule has 30 heavy (non-hydrogen) atoms. The molecule has 3 atom stereocenters. The van der Waals surface area contributed by atoms with E-state index in [1.54, 1.807) is 43.3 Å². The Bertz CT molecular complexity index is 992. The number of hydrogen-bond donors (Lipinski definition) is 1. The van der Waals surface area contributed by atoms with E-state index in [1.165, 1.54) is 0 Å². The number of halogens is 1. The third-order valence-electron chi connectivity index (χ3n) is 5.49. The van der Waals surface area contributed by atoms with Crippen LogP contribution in [-0.4, -0.2) is 28.7 Å². The number of nitrogens with one attached hydrogen (secondary N) is 1. The molecule has 6 nitrogen and oxygen atoms in total. The number of fused-ring (bicyclic) bond motifs is 1. The maximum absolute atomic E-state index is 12.7. The second-order valence-corrected chi connectivity index (χ2v) is 7.83. The maximum atomic E-state index is 12.7. The van der Waals surface area contributed by atoms with Crippen molar-refractivity contribution in [2.24, 2.45) is 11.8 Å². The van der Waals surface area contributed by atoms with Gasteiger partial charge in [0, 0.05) is 5.69 Å². The average Bonchev–Trinajstić information content (AvgIpc) is 3.01. The first-order valence-electron chi connectivity index (χ1n) is 9.81. The number of rotatable bonds is 5. The van der Waals surface area contributed by atoms with Crippen LogP contribution in [0.2, 0.25) is 5.02 Å². The summed E-state index contributed by atoms with van der Waals surface area (Å²) in [5.74, 6) is -0.538. The van der Waals surface area contributed by atoms with E-state index in [4.69, 9.17) is 16.3 Å². The normalized spacial score (nSPS) is 21.3. The Kier molecular flexibility index (Phi) is 5.59. The van der Waals surface area contributed by atoms with Gasteiger partial charge in [0.05, 0.1) is 16.9 Å². The molecule has 1 aliphatic carbocycles. The number of ether oxygens (including phenoxy) is 1. The smallest absolute Gasteiger partial charge is 0.247 e. The van der Waals surface area contributed by atoms with E-state index in [0.29, 0.717) is 35.1 Å². The average molecular weight is 425 g/mol. The van der Waals surface area contributed by atoms with Crippen molar-refractivity contribution in [3.63, 3.8) is 0 Å². The van der Waals surface area contributed by atoms with E-state index in [-0.39, 0.29) is 23.7 Å². The summed E-state index contributed by atoms with van der Waals surface area (Å²) in [5, 5.41) is 3.26. The predicted molar refractivity (Wildman–Crippen MR) is 113 cm³/mol. The predicted octanol–water partition coefficient (Wildman–Crippen LogP) is 4.41. The number of para-hydroxylation sites is 1. The molecular weight excluding hydrogens is 404 g/mol. The lowest BCUT2D eigenvalue weighted by molar-refractivity contribution is -0.146. The minimum atomic E-state index is -0.880. The number of nitrogens with zero attached hydrogens (tertiary/aromatic N) is 1. The molecule has 0 radical (unpaired) electrons. The van der Waals surface area contributed by atoms with E-state index >= 15 is 0 Å². The highest BCUT2D eigenvalue weighted by Gasteiger charge is 2.50. The van der Waals surface area contributed by atoms with Crippen molar-refractivity contribution in [2.45, 2.75) is 25.8 Å². The zero-order valence-electron chi connectivity index (χ0n) is 16.4. The largest absolute Gasteiger partial charge is 0.456 e. The zero-order chi connectivity index (χ0) is 21.3. The van der Waals surface area contributed by atoms with Crippen LogP contribution in [0.1, 0.15) is 19.8 Å². The summed E-state index contributed by atoms with van der Waals surface area (Å²) in [7, 11) is 0. The lowest BCUT2D eigenvalue weighted by atomic mass is 9.85. The molecule has 2 aromatic carbocycles. The molecule has 1 N–H and O–H groups in total. The van der Waals surface area contributed by atoms with Crippen LogP contribution in [0.15, 0.2) is 60.7 Å². The van der Waals surface area contributed by atoms with Crippen LogP contribution < -0.4 is 10.1 Å². The van der Waals surface area contributed by atoms with E-state index in [2.05, 4.69) is 5.32 Å². The van der Waals surface area contributed by atoms with Crippen LogP contribution in [0.4, 0.5) is 5.69 Å². The fraction of sp³-hybridized carbons (Fsp3) is 0.261. The molecule has 3 amide bonds. The molecule has 1 fully saturated rings. The van der Waals surface area contributed by atoms with E-state index in [1.807, 2.05) is 24.3 Å². The molecular formula is C23H21ClN2O4. The topological polar surface area (TPSA) is 75.7 Å². The van der Waals surface area contributed by atoms with Crippen molar-refractivity contribution in [1.82, 2.24) is 4.90 Å². The molecule has 154 valence electrons. The molecule has 0 spiro atoms. The van der Waals surface area contributed by atoms with Crippen molar-refractivity contribution in [3.05, 3.63) is 65.7 Å². The fourth-order valence-electron chi connectivity index (χ4n) is 3.83. The Morgan fingerprint density at radius 2 is 1.63 bits per heavy atom. The molecule has 0 aromatic heterocycles. The molecule has 1 aliphatic heterocycles. The Labute approximate surface area is 179 Å². The summed E-state index contributed by atoms with van der Waals surface area (Å²) in [6.45, 7) is 1.57. The monoisotopic (exact) mass is 424 g/mol. The molecule has 2 aromatic rings. The number of anilines is 1. The van der Waals surface area contributed by atoms with Gasteiger partial charge in [-0.25, -0.2) is 0 Å². The number of amides is 3. The Hall–Kier alpha value is -3.12. The van der Waals surface area contributed by atoms with Gasteiger partial charge in [-0.2, -0.15) is 0 Å². The third kappa shape index (κ3) is 3.83. The number of benzene rings is 2. The number of likely N-dealkylation sites (tertiary alicyclic amines) is 1. The van der Waals surface area contributed by atoms with Gasteiger partial charge in [0.1, 0.15) is 17.5 Å². The number of carbonyl (C=O) groups excluding carboxylic acids is 3. The van der Waals surface area contributed by atoms with Gasteiger partial charge in [0.25, 0.3) is 0 Å². The van der Waals surface area contributed by atoms with Crippen LogP contribution in [0.25, 0.3) is 0 Å². The van der Waals surface area contributed by atoms with Gasteiger partial charge in [0.2, 0.25) is 17.7 Å². The summed E-state index contributed by atoms with van der Waals surface area (Å²) in [6.07, 6.45) is 4.94. The Morgan fingerprint density at radius 3 is 2.23 bits per heavy atom. The molecule has 2 unspecified atom stereocenters. The molecule has 0 saturated carbocycles. The van der Waals surface area contributed by atoms with Crippen LogP contribution in [0.5, 0.6) is 11.5 Å². The summed E-state index contributed by atoms with van der Waals surface area (Å²) < 4.78 is 5.73. The number of imide groups is 1. The highest BCUT2D eigenvalue weighted by atomic mass is 35.5. The van der Waals surface area contributed by atoms with Gasteiger partial charge in [-0.05, 0) is 56.2 Å². The first kappa shape index (κ1) is 20.2. The van der Waals surface area contributed by atoms with Gasteiger partial charge >= 0.3 is 0 Å². The van der Waals surface area contributed by atoms with Crippen molar-refractivity contribution in [3.8, 4) is 11.5 Å². The van der Waals surface area contributed by atoms with E-state index in [9.17, 15) is 14.4 Å². The summed E-state index contributed by atoms with van der Waals surface area (Å²) in [5.41, 5.74) is 0.538. The highest BCUT2D eigenvalue weighted by molar-refractivity contribution is 6.32. The van der Waals surface area contributed by atoms with Gasteiger partial charge in [0.15, 0.2) is 0 Å². The Morgan fingerprint density at radius 1 is 1.03 bits per heavy atom. The molecule has 1 heterocycles. The van der Waals surface area contributed by atoms with Gasteiger partial charge in [-0.1, -0.05) is 35.9 Å². The minimum Gasteiger partial charge on any atom is -0.456 e. The molecule has 0 bridgehead atoms. The summed E-state index contributed by atoms with van der Waals surface area (Å²) in [6, 6.07) is 13.0. The highest BCUT2D eigenvalue weighted by Crippen LogP contribution is 2.36. The van der Waals surface area contributed by atoms with Crippen molar-refractivity contribution in [1.29, 1.82) is 0 Å². The molecule has 2 aliphatic rings. The molecule has 4 rings (SSSR count). The quantitative estimate of drug-likeness (QED) is 0.569. The van der Waals surface area contributed by atoms with Crippen molar-refractivity contribution < 1.29 is 19.1 Å².